The maximum absolute atomic E-state index is 10.5. The number of aromatic nitrogens is 2. The molecule has 0 amide bonds. The third kappa shape index (κ3) is 3.07. The molecule has 2 saturated heterocycles. The van der Waals surface area contributed by atoms with E-state index in [1.165, 1.54) is 0 Å². The normalized spacial score (nSPS) is 30.9. The Morgan fingerprint density at radius 1 is 1.22 bits per heavy atom. The van der Waals surface area contributed by atoms with Crippen molar-refractivity contribution in [1.82, 2.24) is 10.2 Å². The standard InChI is InChI=1S/C17H27N3O3/c1-12(2)13-4-5-14(19-18-13)20-9-6-17(7-10-20)15(21)16(3,22)8-11-23-17/h4-5,12,15,21-22H,6-11H2,1-3H3/t15-,16+/m0/s1. The van der Waals surface area contributed by atoms with Gasteiger partial charge in [0.2, 0.25) is 0 Å². The largest absolute Gasteiger partial charge is 0.387 e. The second-order valence-electron chi connectivity index (χ2n) is 7.38. The van der Waals surface area contributed by atoms with Crippen LogP contribution < -0.4 is 4.90 Å². The molecule has 2 fully saturated rings. The summed E-state index contributed by atoms with van der Waals surface area (Å²) in [4.78, 5) is 2.17. The van der Waals surface area contributed by atoms with E-state index >= 15 is 0 Å². The van der Waals surface area contributed by atoms with Gasteiger partial charge in [-0.15, -0.1) is 5.10 Å². The zero-order valence-corrected chi connectivity index (χ0v) is 14.2. The van der Waals surface area contributed by atoms with Crippen LogP contribution in [0.15, 0.2) is 12.1 Å². The van der Waals surface area contributed by atoms with Crippen LogP contribution in [0.5, 0.6) is 0 Å². The zero-order chi connectivity index (χ0) is 16.7. The van der Waals surface area contributed by atoms with E-state index in [9.17, 15) is 10.2 Å². The highest BCUT2D eigenvalue weighted by molar-refractivity contribution is 5.38. The van der Waals surface area contributed by atoms with Gasteiger partial charge < -0.3 is 19.8 Å². The van der Waals surface area contributed by atoms with Crippen LogP contribution in [0.25, 0.3) is 0 Å². The van der Waals surface area contributed by atoms with Crippen LogP contribution in [0.2, 0.25) is 0 Å². The Morgan fingerprint density at radius 3 is 2.48 bits per heavy atom. The second-order valence-corrected chi connectivity index (χ2v) is 7.38. The first kappa shape index (κ1) is 16.6. The molecule has 3 rings (SSSR count). The average molecular weight is 321 g/mol. The molecule has 6 nitrogen and oxygen atoms in total. The lowest BCUT2D eigenvalue weighted by molar-refractivity contribution is -0.239. The van der Waals surface area contributed by atoms with Gasteiger partial charge in [0, 0.05) is 19.5 Å². The van der Waals surface area contributed by atoms with Gasteiger partial charge in [0.25, 0.3) is 0 Å². The summed E-state index contributed by atoms with van der Waals surface area (Å²) >= 11 is 0. The summed E-state index contributed by atoms with van der Waals surface area (Å²) in [5.74, 6) is 1.23. The Labute approximate surface area is 137 Å². The van der Waals surface area contributed by atoms with Crippen molar-refractivity contribution in [2.24, 2.45) is 0 Å². The molecule has 1 aromatic heterocycles. The van der Waals surface area contributed by atoms with Crippen molar-refractivity contribution in [2.45, 2.75) is 63.3 Å². The molecule has 0 saturated carbocycles. The first-order valence-electron chi connectivity index (χ1n) is 8.47. The molecule has 6 heteroatoms. The molecule has 3 heterocycles. The average Bonchev–Trinajstić information content (AvgIpc) is 2.53. The minimum Gasteiger partial charge on any atom is -0.387 e. The SMILES string of the molecule is CC(C)c1ccc(N2CCC3(CC2)OCC[C@@](C)(O)[C@@H]3O)nn1. The molecule has 0 unspecified atom stereocenters. The van der Waals surface area contributed by atoms with Crippen molar-refractivity contribution in [3.05, 3.63) is 17.8 Å². The summed E-state index contributed by atoms with van der Waals surface area (Å²) in [7, 11) is 0. The van der Waals surface area contributed by atoms with Crippen molar-refractivity contribution in [2.75, 3.05) is 24.6 Å². The van der Waals surface area contributed by atoms with Crippen LogP contribution in [0, 0.1) is 0 Å². The van der Waals surface area contributed by atoms with Crippen LogP contribution in [0.4, 0.5) is 5.82 Å². The molecule has 128 valence electrons. The van der Waals surface area contributed by atoms with Gasteiger partial charge in [-0.1, -0.05) is 13.8 Å². The molecule has 1 spiro atoms. The topological polar surface area (TPSA) is 78.7 Å². The highest BCUT2D eigenvalue weighted by atomic mass is 16.5. The van der Waals surface area contributed by atoms with Crippen LogP contribution in [0.1, 0.15) is 51.6 Å². The van der Waals surface area contributed by atoms with Crippen LogP contribution in [0.3, 0.4) is 0 Å². The summed E-state index contributed by atoms with van der Waals surface area (Å²) in [6.07, 6.45) is 0.984. The summed E-state index contributed by atoms with van der Waals surface area (Å²) in [6, 6.07) is 4.03. The smallest absolute Gasteiger partial charge is 0.151 e. The Balaban J connectivity index is 1.68. The van der Waals surface area contributed by atoms with E-state index in [1.54, 1.807) is 6.92 Å². The lowest BCUT2D eigenvalue weighted by atomic mass is 9.75. The highest BCUT2D eigenvalue weighted by Gasteiger charge is 2.52. The number of rotatable bonds is 2. The number of aliphatic hydroxyl groups excluding tert-OH is 1. The highest BCUT2D eigenvalue weighted by Crippen LogP contribution is 2.40. The minimum atomic E-state index is -1.07. The fourth-order valence-electron chi connectivity index (χ4n) is 3.59. The van der Waals surface area contributed by atoms with Crippen molar-refractivity contribution >= 4 is 5.82 Å². The van der Waals surface area contributed by atoms with E-state index in [-0.39, 0.29) is 0 Å². The fraction of sp³-hybridized carbons (Fsp3) is 0.765. The summed E-state index contributed by atoms with van der Waals surface area (Å²) < 4.78 is 5.92. The van der Waals surface area contributed by atoms with Gasteiger partial charge in [0.15, 0.2) is 5.82 Å². The quantitative estimate of drug-likeness (QED) is 0.859. The molecule has 2 aliphatic heterocycles. The lowest BCUT2D eigenvalue weighted by Gasteiger charge is -2.51. The van der Waals surface area contributed by atoms with E-state index in [1.807, 2.05) is 12.1 Å². The Bertz CT molecular complexity index is 537. The molecule has 23 heavy (non-hydrogen) atoms. The predicted octanol–water partition coefficient (Wildman–Crippen LogP) is 1.47. The third-order valence-electron chi connectivity index (χ3n) is 5.28. The fourth-order valence-corrected chi connectivity index (χ4v) is 3.59. The van der Waals surface area contributed by atoms with Gasteiger partial charge in [-0.25, -0.2) is 0 Å². The Hall–Kier alpha value is -1.24. The van der Waals surface area contributed by atoms with Gasteiger partial charge in [-0.2, -0.15) is 5.10 Å². The van der Waals surface area contributed by atoms with Crippen LogP contribution in [-0.4, -0.2) is 57.4 Å². The van der Waals surface area contributed by atoms with E-state index in [0.29, 0.717) is 31.8 Å². The number of ether oxygens (including phenoxy) is 1. The van der Waals surface area contributed by atoms with Crippen molar-refractivity contribution < 1.29 is 14.9 Å². The van der Waals surface area contributed by atoms with Crippen LogP contribution in [-0.2, 0) is 4.74 Å². The number of hydrogen-bond donors (Lipinski definition) is 2. The third-order valence-corrected chi connectivity index (χ3v) is 5.28. The maximum Gasteiger partial charge on any atom is 0.151 e. The Morgan fingerprint density at radius 2 is 1.91 bits per heavy atom. The van der Waals surface area contributed by atoms with Gasteiger partial charge in [0.1, 0.15) is 11.7 Å². The molecule has 0 aromatic carbocycles. The maximum atomic E-state index is 10.5. The molecule has 2 N–H and O–H groups in total. The predicted molar refractivity (Wildman–Crippen MR) is 87.5 cm³/mol. The molecule has 0 bridgehead atoms. The number of aliphatic hydroxyl groups is 2. The van der Waals surface area contributed by atoms with E-state index in [2.05, 4.69) is 28.9 Å². The summed E-state index contributed by atoms with van der Waals surface area (Å²) in [5.41, 5.74) is -0.716. The van der Waals surface area contributed by atoms with Crippen molar-refractivity contribution in [3.8, 4) is 0 Å². The first-order valence-corrected chi connectivity index (χ1v) is 8.47. The van der Waals surface area contributed by atoms with Crippen molar-refractivity contribution in [1.29, 1.82) is 0 Å². The van der Waals surface area contributed by atoms with E-state index < -0.39 is 17.3 Å². The molecule has 0 aliphatic carbocycles. The van der Waals surface area contributed by atoms with Gasteiger partial charge in [-0.3, -0.25) is 0 Å². The number of hydrogen-bond acceptors (Lipinski definition) is 6. The molecule has 0 radical (unpaired) electrons. The molecule has 2 aliphatic rings. The summed E-state index contributed by atoms with van der Waals surface area (Å²) in [6.45, 7) is 7.87. The van der Waals surface area contributed by atoms with E-state index in [4.69, 9.17) is 4.74 Å². The molecular formula is C17H27N3O3. The molecule has 2 atom stereocenters. The first-order chi connectivity index (χ1) is 10.8. The monoisotopic (exact) mass is 321 g/mol. The molecular weight excluding hydrogens is 294 g/mol. The number of nitrogens with zero attached hydrogens (tertiary/aromatic N) is 3. The zero-order valence-electron chi connectivity index (χ0n) is 14.2. The number of anilines is 1. The van der Waals surface area contributed by atoms with Gasteiger partial charge >= 0.3 is 0 Å². The summed E-state index contributed by atoms with van der Waals surface area (Å²) in [5, 5.41) is 29.5. The number of piperidine rings is 1. The van der Waals surface area contributed by atoms with E-state index in [0.717, 1.165) is 24.6 Å². The van der Waals surface area contributed by atoms with Gasteiger partial charge in [-0.05, 0) is 37.8 Å². The molecule has 1 aromatic rings. The van der Waals surface area contributed by atoms with Crippen LogP contribution >= 0.6 is 0 Å². The Kier molecular flexibility index (Phi) is 4.33. The lowest BCUT2D eigenvalue weighted by Crippen LogP contribution is -2.64. The van der Waals surface area contributed by atoms with Crippen molar-refractivity contribution in [3.63, 3.8) is 0 Å². The van der Waals surface area contributed by atoms with Gasteiger partial charge in [0.05, 0.1) is 17.9 Å². The second kappa shape index (κ2) is 6.00. The minimum absolute atomic E-state index is 0.370.